The molecule has 2 aromatic rings. The van der Waals surface area contributed by atoms with Crippen LogP contribution >= 0.6 is 11.6 Å². The van der Waals surface area contributed by atoms with Crippen molar-refractivity contribution in [3.05, 3.63) is 65.2 Å². The summed E-state index contributed by atoms with van der Waals surface area (Å²) in [7, 11) is 0. The smallest absolute Gasteiger partial charge is 0.409 e. The highest BCUT2D eigenvalue weighted by molar-refractivity contribution is 6.30. The molecule has 1 saturated heterocycles. The number of nitrogens with zero attached hydrogens (tertiary/aromatic N) is 2. The zero-order valence-corrected chi connectivity index (χ0v) is 18.3. The summed E-state index contributed by atoms with van der Waals surface area (Å²) in [5.74, 6) is -0.240. The maximum Gasteiger partial charge on any atom is 0.409 e. The summed E-state index contributed by atoms with van der Waals surface area (Å²) in [6.45, 7) is 8.31. The largest absolute Gasteiger partial charge is 0.458 e. The van der Waals surface area contributed by atoms with Crippen LogP contribution < -0.4 is 4.74 Å². The highest BCUT2D eigenvalue weighted by atomic mass is 35.5. The third kappa shape index (κ3) is 6.11. The normalized spacial score (nSPS) is 16.7. The third-order valence-corrected chi connectivity index (χ3v) is 5.36. The molecule has 30 heavy (non-hydrogen) atoms. The van der Waals surface area contributed by atoms with Crippen LogP contribution in [0.25, 0.3) is 0 Å². The van der Waals surface area contributed by atoms with E-state index in [0.29, 0.717) is 37.1 Å². The van der Waals surface area contributed by atoms with Gasteiger partial charge in [-0.2, -0.15) is 0 Å². The highest BCUT2D eigenvalue weighted by Gasteiger charge is 2.30. The predicted octanol–water partition coefficient (Wildman–Crippen LogP) is 4.38. The number of benzene rings is 2. The van der Waals surface area contributed by atoms with Crippen LogP contribution in [0.4, 0.5) is 4.79 Å². The van der Waals surface area contributed by atoms with Gasteiger partial charge in [0.25, 0.3) is 0 Å². The molecule has 0 spiro atoms. The molecule has 1 aliphatic heterocycles. The van der Waals surface area contributed by atoms with E-state index in [-0.39, 0.29) is 6.09 Å². The van der Waals surface area contributed by atoms with E-state index >= 15 is 0 Å². The Hall–Kier alpha value is -2.28. The third-order valence-electron chi connectivity index (χ3n) is 5.11. The minimum atomic E-state index is -0.929. The molecule has 2 aromatic carbocycles. The molecule has 0 N–H and O–H groups in total. The summed E-state index contributed by atoms with van der Waals surface area (Å²) in [6, 6.07) is 17.2. The Morgan fingerprint density at radius 3 is 2.33 bits per heavy atom. The van der Waals surface area contributed by atoms with Gasteiger partial charge in [0, 0.05) is 50.2 Å². The summed E-state index contributed by atoms with van der Waals surface area (Å²) in [6.07, 6.45) is -0.235. The van der Waals surface area contributed by atoms with Crippen LogP contribution in [-0.4, -0.2) is 61.8 Å². The van der Waals surface area contributed by atoms with E-state index in [4.69, 9.17) is 25.8 Å². The van der Waals surface area contributed by atoms with Gasteiger partial charge in [-0.05, 0) is 31.2 Å². The van der Waals surface area contributed by atoms with Gasteiger partial charge in [0.05, 0.1) is 13.2 Å². The Labute approximate surface area is 183 Å². The van der Waals surface area contributed by atoms with Gasteiger partial charge in [-0.25, -0.2) is 4.79 Å². The molecule has 1 fully saturated rings. The summed E-state index contributed by atoms with van der Waals surface area (Å²) < 4.78 is 17.6. The summed E-state index contributed by atoms with van der Waals surface area (Å²) in [5.41, 5.74) is 0.937. The van der Waals surface area contributed by atoms with E-state index in [9.17, 15) is 4.79 Å². The van der Waals surface area contributed by atoms with Crippen LogP contribution in [0.1, 0.15) is 19.4 Å². The molecule has 7 heteroatoms. The van der Waals surface area contributed by atoms with Crippen molar-refractivity contribution in [2.45, 2.75) is 19.6 Å². The summed E-state index contributed by atoms with van der Waals surface area (Å²) in [4.78, 5) is 15.9. The SMILES string of the molecule is CCOC(=O)N1CCN(CCOC(C)(Oc2ccc(Cl)cc2)c2ccccc2)CC1. The molecule has 3 rings (SSSR count). The van der Waals surface area contributed by atoms with Gasteiger partial charge in [0.1, 0.15) is 5.75 Å². The van der Waals surface area contributed by atoms with Crippen molar-refractivity contribution in [3.8, 4) is 5.75 Å². The van der Waals surface area contributed by atoms with Crippen LogP contribution in [-0.2, 0) is 15.3 Å². The molecule has 1 unspecified atom stereocenters. The fourth-order valence-corrected chi connectivity index (χ4v) is 3.50. The average Bonchev–Trinajstić information content (AvgIpc) is 2.77. The van der Waals surface area contributed by atoms with E-state index in [2.05, 4.69) is 4.90 Å². The maximum atomic E-state index is 11.8. The molecule has 1 atom stereocenters. The van der Waals surface area contributed by atoms with Crippen molar-refractivity contribution in [2.75, 3.05) is 45.9 Å². The standard InChI is InChI=1S/C23H29ClN2O4/c1-3-28-22(27)26-15-13-25(14-16-26)17-18-29-23(2,19-7-5-4-6-8-19)30-21-11-9-20(24)10-12-21/h4-12H,3,13-18H2,1-2H3. The fourth-order valence-electron chi connectivity index (χ4n) is 3.38. The molecule has 1 amide bonds. The Morgan fingerprint density at radius 1 is 1.03 bits per heavy atom. The van der Waals surface area contributed by atoms with Gasteiger partial charge < -0.3 is 19.1 Å². The van der Waals surface area contributed by atoms with E-state index in [0.717, 1.165) is 25.2 Å². The Bertz CT molecular complexity index is 795. The van der Waals surface area contributed by atoms with Crippen LogP contribution in [0.5, 0.6) is 5.75 Å². The Kier molecular flexibility index (Phi) is 7.96. The Balaban J connectivity index is 1.57. The van der Waals surface area contributed by atoms with E-state index in [1.54, 1.807) is 17.0 Å². The molecule has 0 bridgehead atoms. The van der Waals surface area contributed by atoms with E-state index in [1.165, 1.54) is 0 Å². The van der Waals surface area contributed by atoms with Gasteiger partial charge in [-0.3, -0.25) is 4.90 Å². The van der Waals surface area contributed by atoms with Gasteiger partial charge in [0.2, 0.25) is 5.79 Å². The molecular weight excluding hydrogens is 404 g/mol. The minimum absolute atomic E-state index is 0.235. The lowest BCUT2D eigenvalue weighted by Crippen LogP contribution is -2.50. The first-order valence-electron chi connectivity index (χ1n) is 10.3. The number of hydrogen-bond donors (Lipinski definition) is 0. The summed E-state index contributed by atoms with van der Waals surface area (Å²) >= 11 is 5.99. The number of carbonyl (C=O) groups is 1. The first kappa shape index (κ1) is 22.4. The van der Waals surface area contributed by atoms with Crippen molar-refractivity contribution in [3.63, 3.8) is 0 Å². The maximum absolute atomic E-state index is 11.8. The van der Waals surface area contributed by atoms with Crippen molar-refractivity contribution >= 4 is 17.7 Å². The molecule has 1 aliphatic rings. The van der Waals surface area contributed by atoms with Crippen LogP contribution in [0.15, 0.2) is 54.6 Å². The van der Waals surface area contributed by atoms with E-state index < -0.39 is 5.79 Å². The monoisotopic (exact) mass is 432 g/mol. The van der Waals surface area contributed by atoms with Crippen molar-refractivity contribution in [2.24, 2.45) is 0 Å². The molecule has 0 radical (unpaired) electrons. The lowest BCUT2D eigenvalue weighted by atomic mass is 10.1. The van der Waals surface area contributed by atoms with Crippen molar-refractivity contribution in [1.82, 2.24) is 9.80 Å². The quantitative estimate of drug-likeness (QED) is 0.579. The second kappa shape index (κ2) is 10.7. The highest BCUT2D eigenvalue weighted by Crippen LogP contribution is 2.30. The van der Waals surface area contributed by atoms with Crippen molar-refractivity contribution < 1.29 is 19.0 Å². The lowest BCUT2D eigenvalue weighted by molar-refractivity contribution is -0.181. The van der Waals surface area contributed by atoms with Crippen LogP contribution in [0.2, 0.25) is 5.02 Å². The van der Waals surface area contributed by atoms with Crippen LogP contribution in [0.3, 0.4) is 0 Å². The first-order valence-corrected chi connectivity index (χ1v) is 10.7. The van der Waals surface area contributed by atoms with Crippen molar-refractivity contribution in [1.29, 1.82) is 0 Å². The van der Waals surface area contributed by atoms with Gasteiger partial charge >= 0.3 is 6.09 Å². The number of carbonyl (C=O) groups excluding carboxylic acids is 1. The molecule has 0 aliphatic carbocycles. The van der Waals surface area contributed by atoms with Gasteiger partial charge in [0.15, 0.2) is 0 Å². The van der Waals surface area contributed by atoms with Gasteiger partial charge in [-0.1, -0.05) is 41.9 Å². The zero-order chi connectivity index (χ0) is 21.4. The minimum Gasteiger partial charge on any atom is -0.458 e. The predicted molar refractivity (Wildman–Crippen MR) is 117 cm³/mol. The number of hydrogen-bond acceptors (Lipinski definition) is 5. The second-order valence-electron chi connectivity index (χ2n) is 7.24. The molecule has 0 aromatic heterocycles. The number of rotatable bonds is 8. The molecular formula is C23H29ClN2O4. The fraction of sp³-hybridized carbons (Fsp3) is 0.435. The van der Waals surface area contributed by atoms with Crippen LogP contribution in [0, 0.1) is 0 Å². The lowest BCUT2D eigenvalue weighted by Gasteiger charge is -2.35. The average molecular weight is 433 g/mol. The number of amides is 1. The number of halogens is 1. The molecule has 162 valence electrons. The molecule has 0 saturated carbocycles. The van der Waals surface area contributed by atoms with Gasteiger partial charge in [-0.15, -0.1) is 0 Å². The molecule has 1 heterocycles. The summed E-state index contributed by atoms with van der Waals surface area (Å²) in [5, 5.41) is 0.659. The zero-order valence-electron chi connectivity index (χ0n) is 17.6. The Morgan fingerprint density at radius 2 is 1.70 bits per heavy atom. The number of ether oxygens (including phenoxy) is 3. The second-order valence-corrected chi connectivity index (χ2v) is 7.68. The molecule has 6 nitrogen and oxygen atoms in total. The number of piperazine rings is 1. The topological polar surface area (TPSA) is 51.2 Å². The van der Waals surface area contributed by atoms with E-state index in [1.807, 2.05) is 56.3 Å². The first-order chi connectivity index (χ1) is 14.5.